The lowest BCUT2D eigenvalue weighted by molar-refractivity contribution is -0.159. The smallest absolute Gasteiger partial charge is 0.418 e. The third kappa shape index (κ3) is 7.02. The van der Waals surface area contributed by atoms with Crippen molar-refractivity contribution < 1.29 is 32.2 Å². The van der Waals surface area contributed by atoms with E-state index in [-0.39, 0.29) is 25.3 Å². The summed E-state index contributed by atoms with van der Waals surface area (Å²) in [5, 5.41) is 2.83. The van der Waals surface area contributed by atoms with Crippen molar-refractivity contribution in [2.45, 2.75) is 58.7 Å². The van der Waals surface area contributed by atoms with Crippen molar-refractivity contribution in [1.29, 1.82) is 0 Å². The number of amides is 1. The van der Waals surface area contributed by atoms with Crippen LogP contribution >= 0.6 is 15.9 Å². The van der Waals surface area contributed by atoms with Crippen LogP contribution in [0.4, 0.5) is 23.7 Å². The molecule has 32 heavy (non-hydrogen) atoms. The molecule has 0 radical (unpaired) electrons. The maximum Gasteiger partial charge on any atom is 0.418 e. The van der Waals surface area contributed by atoms with E-state index in [0.717, 1.165) is 6.07 Å². The third-order valence-corrected chi connectivity index (χ3v) is 5.78. The van der Waals surface area contributed by atoms with Crippen molar-refractivity contribution in [2.24, 2.45) is 5.41 Å². The molecule has 1 aliphatic heterocycles. The van der Waals surface area contributed by atoms with Gasteiger partial charge in [0.15, 0.2) is 0 Å². The normalized spacial score (nSPS) is 16.4. The molecule has 1 saturated heterocycles. The van der Waals surface area contributed by atoms with Crippen molar-refractivity contribution in [2.75, 3.05) is 31.6 Å². The standard InChI is InChI=1S/C22H30BrF3N2O4/c1-5-31-18(29)21(9-12-28(13-10-21)19(30)32-20(2,3)4)8-11-27-17-7-6-15(23)14-16(17)22(24,25)26/h6-7,14,27H,5,8-13H2,1-4H3. The molecule has 1 amide bonds. The summed E-state index contributed by atoms with van der Waals surface area (Å²) in [5.74, 6) is -0.391. The highest BCUT2D eigenvalue weighted by atomic mass is 79.9. The second kappa shape index (κ2) is 10.3. The molecule has 0 bridgehead atoms. The average Bonchev–Trinajstić information content (AvgIpc) is 2.67. The number of rotatable bonds is 6. The van der Waals surface area contributed by atoms with Gasteiger partial charge in [0.2, 0.25) is 0 Å². The number of hydrogen-bond acceptors (Lipinski definition) is 5. The van der Waals surface area contributed by atoms with Gasteiger partial charge in [-0.25, -0.2) is 4.79 Å². The molecular weight excluding hydrogens is 493 g/mol. The minimum absolute atomic E-state index is 0.0501. The van der Waals surface area contributed by atoms with Gasteiger partial charge in [0.25, 0.3) is 0 Å². The first kappa shape index (κ1) is 26.3. The summed E-state index contributed by atoms with van der Waals surface area (Å²) in [6, 6.07) is 3.90. The number of piperidine rings is 1. The van der Waals surface area contributed by atoms with Crippen LogP contribution in [0.2, 0.25) is 0 Å². The minimum Gasteiger partial charge on any atom is -0.466 e. The number of likely N-dealkylation sites (tertiary alicyclic amines) is 1. The van der Waals surface area contributed by atoms with Crippen LogP contribution in [0.3, 0.4) is 0 Å². The Labute approximate surface area is 194 Å². The van der Waals surface area contributed by atoms with Gasteiger partial charge < -0.3 is 19.7 Å². The number of carbonyl (C=O) groups excluding carboxylic acids is 2. The number of esters is 1. The molecule has 1 heterocycles. The second-order valence-electron chi connectivity index (χ2n) is 8.83. The summed E-state index contributed by atoms with van der Waals surface area (Å²) < 4.78 is 51.1. The number of alkyl halides is 3. The van der Waals surface area contributed by atoms with Crippen LogP contribution in [-0.4, -0.2) is 48.8 Å². The lowest BCUT2D eigenvalue weighted by Gasteiger charge is -2.40. The van der Waals surface area contributed by atoms with E-state index in [0.29, 0.717) is 30.4 Å². The van der Waals surface area contributed by atoms with Gasteiger partial charge in [-0.05, 0) is 65.2 Å². The highest BCUT2D eigenvalue weighted by molar-refractivity contribution is 9.10. The summed E-state index contributed by atoms with van der Waals surface area (Å²) >= 11 is 3.07. The van der Waals surface area contributed by atoms with E-state index in [2.05, 4.69) is 21.2 Å². The monoisotopic (exact) mass is 522 g/mol. The zero-order valence-electron chi connectivity index (χ0n) is 18.8. The van der Waals surface area contributed by atoms with Gasteiger partial charge in [-0.3, -0.25) is 4.79 Å². The number of halogens is 4. The first-order valence-corrected chi connectivity index (χ1v) is 11.3. The van der Waals surface area contributed by atoms with Gasteiger partial charge in [-0.2, -0.15) is 13.2 Å². The maximum absolute atomic E-state index is 13.4. The Morgan fingerprint density at radius 2 is 1.81 bits per heavy atom. The van der Waals surface area contributed by atoms with E-state index < -0.39 is 34.8 Å². The summed E-state index contributed by atoms with van der Waals surface area (Å²) in [7, 11) is 0. The summed E-state index contributed by atoms with van der Waals surface area (Å²) in [6.07, 6.45) is -3.98. The molecule has 0 aromatic heterocycles. The Hall–Kier alpha value is -1.97. The molecule has 0 aliphatic carbocycles. The Morgan fingerprint density at radius 1 is 1.19 bits per heavy atom. The molecule has 0 unspecified atom stereocenters. The van der Waals surface area contributed by atoms with E-state index >= 15 is 0 Å². The Bertz CT molecular complexity index is 816. The summed E-state index contributed by atoms with van der Waals surface area (Å²) in [6.45, 7) is 8.00. The summed E-state index contributed by atoms with van der Waals surface area (Å²) in [4.78, 5) is 26.7. The molecule has 0 atom stereocenters. The number of ether oxygens (including phenoxy) is 2. The van der Waals surface area contributed by atoms with E-state index in [4.69, 9.17) is 9.47 Å². The lowest BCUT2D eigenvalue weighted by Crippen LogP contribution is -2.49. The van der Waals surface area contributed by atoms with Crippen molar-refractivity contribution in [3.05, 3.63) is 28.2 Å². The molecule has 1 aliphatic rings. The average molecular weight is 523 g/mol. The largest absolute Gasteiger partial charge is 0.466 e. The number of nitrogens with zero attached hydrogens (tertiary/aromatic N) is 1. The SMILES string of the molecule is CCOC(=O)C1(CCNc2ccc(Br)cc2C(F)(F)F)CCN(C(=O)OC(C)(C)C)CC1. The quantitative estimate of drug-likeness (QED) is 0.474. The lowest BCUT2D eigenvalue weighted by atomic mass is 9.75. The minimum atomic E-state index is -4.51. The molecule has 1 aromatic carbocycles. The fourth-order valence-corrected chi connectivity index (χ4v) is 3.99. The number of anilines is 1. The van der Waals surface area contributed by atoms with Crippen molar-refractivity contribution in [1.82, 2.24) is 4.90 Å². The molecule has 10 heteroatoms. The number of carbonyl (C=O) groups is 2. The van der Waals surface area contributed by atoms with Crippen LogP contribution in [0.25, 0.3) is 0 Å². The molecule has 1 fully saturated rings. The van der Waals surface area contributed by atoms with E-state index in [9.17, 15) is 22.8 Å². The molecule has 6 nitrogen and oxygen atoms in total. The molecule has 2 rings (SSSR count). The van der Waals surface area contributed by atoms with E-state index in [1.54, 1.807) is 32.6 Å². The van der Waals surface area contributed by atoms with Gasteiger partial charge in [-0.1, -0.05) is 15.9 Å². The second-order valence-corrected chi connectivity index (χ2v) is 9.75. The first-order valence-electron chi connectivity index (χ1n) is 10.5. The van der Waals surface area contributed by atoms with Gasteiger partial charge in [0.1, 0.15) is 5.60 Å². The molecule has 0 saturated carbocycles. The number of nitrogens with one attached hydrogen (secondary N) is 1. The zero-order chi connectivity index (χ0) is 24.2. The Balaban J connectivity index is 2.09. The van der Waals surface area contributed by atoms with Crippen molar-refractivity contribution in [3.8, 4) is 0 Å². The van der Waals surface area contributed by atoms with Crippen LogP contribution in [0, 0.1) is 5.41 Å². The van der Waals surface area contributed by atoms with Gasteiger partial charge in [0, 0.05) is 29.8 Å². The fraction of sp³-hybridized carbons (Fsp3) is 0.636. The molecule has 180 valence electrons. The van der Waals surface area contributed by atoms with Crippen LogP contribution in [-0.2, 0) is 20.4 Å². The van der Waals surface area contributed by atoms with Crippen LogP contribution < -0.4 is 5.32 Å². The highest BCUT2D eigenvalue weighted by Crippen LogP contribution is 2.39. The molecule has 1 N–H and O–H groups in total. The third-order valence-electron chi connectivity index (χ3n) is 5.29. The topological polar surface area (TPSA) is 67.9 Å². The van der Waals surface area contributed by atoms with Crippen molar-refractivity contribution in [3.63, 3.8) is 0 Å². The van der Waals surface area contributed by atoms with Crippen LogP contribution in [0.15, 0.2) is 22.7 Å². The Morgan fingerprint density at radius 3 is 2.34 bits per heavy atom. The fourth-order valence-electron chi connectivity index (χ4n) is 3.63. The van der Waals surface area contributed by atoms with Gasteiger partial charge >= 0.3 is 18.2 Å². The summed E-state index contributed by atoms with van der Waals surface area (Å²) in [5.41, 5.74) is -2.34. The van der Waals surface area contributed by atoms with E-state index in [1.807, 2.05) is 0 Å². The number of hydrogen-bond donors (Lipinski definition) is 1. The molecule has 0 spiro atoms. The van der Waals surface area contributed by atoms with Crippen LogP contribution in [0.1, 0.15) is 52.5 Å². The zero-order valence-corrected chi connectivity index (χ0v) is 20.4. The first-order chi connectivity index (χ1) is 14.8. The molecule has 1 aromatic rings. The maximum atomic E-state index is 13.4. The predicted octanol–water partition coefficient (Wildman–Crippen LogP) is 5.85. The van der Waals surface area contributed by atoms with E-state index in [1.165, 1.54) is 12.1 Å². The Kier molecular flexibility index (Phi) is 8.47. The van der Waals surface area contributed by atoms with Crippen molar-refractivity contribution >= 4 is 33.7 Å². The van der Waals surface area contributed by atoms with Crippen LogP contribution in [0.5, 0.6) is 0 Å². The highest BCUT2D eigenvalue weighted by Gasteiger charge is 2.44. The molecular formula is C22H30BrF3N2O4. The van der Waals surface area contributed by atoms with Gasteiger partial charge in [-0.15, -0.1) is 0 Å². The number of benzene rings is 1. The van der Waals surface area contributed by atoms with Gasteiger partial charge in [0.05, 0.1) is 17.6 Å². The predicted molar refractivity (Wildman–Crippen MR) is 118 cm³/mol.